The predicted octanol–water partition coefficient (Wildman–Crippen LogP) is 3.72. The van der Waals surface area contributed by atoms with E-state index in [9.17, 15) is 4.79 Å². The summed E-state index contributed by atoms with van der Waals surface area (Å²) < 4.78 is 5.90. The fourth-order valence-electron chi connectivity index (χ4n) is 1.87. The molecule has 2 aromatic rings. The van der Waals surface area contributed by atoms with E-state index in [1.807, 2.05) is 45.0 Å². The lowest BCUT2D eigenvalue weighted by molar-refractivity contribution is 0.340. The molecule has 5 heteroatoms. The zero-order chi connectivity index (χ0) is 14.7. The number of rotatable bonds is 4. The molecule has 0 fully saturated rings. The quantitative estimate of drug-likeness (QED) is 0.925. The second-order valence-electron chi connectivity index (χ2n) is 4.73. The van der Waals surface area contributed by atoms with Gasteiger partial charge in [0.25, 0.3) is 5.56 Å². The maximum absolute atomic E-state index is 11.9. The Bertz CT molecular complexity index is 648. The number of hydrogen-bond acceptors (Lipinski definition) is 3. The first-order chi connectivity index (χ1) is 9.52. The number of nitrogens with zero attached hydrogens (tertiary/aromatic N) is 1. The SMILES string of the molecule is CCOc1ccc(-c2nc(C(C)C)c(Br)c(=O)[nH]2)cc1. The van der Waals surface area contributed by atoms with E-state index in [2.05, 4.69) is 25.9 Å². The number of benzene rings is 1. The van der Waals surface area contributed by atoms with Crippen LogP contribution in [0.2, 0.25) is 0 Å². The van der Waals surface area contributed by atoms with Gasteiger partial charge in [-0.3, -0.25) is 4.79 Å². The molecule has 0 aliphatic heterocycles. The Balaban J connectivity index is 2.44. The molecule has 0 saturated heterocycles. The summed E-state index contributed by atoms with van der Waals surface area (Å²) in [4.78, 5) is 19.3. The highest BCUT2D eigenvalue weighted by Crippen LogP contribution is 2.23. The van der Waals surface area contributed by atoms with Gasteiger partial charge in [0.2, 0.25) is 0 Å². The maximum Gasteiger partial charge on any atom is 0.265 e. The molecule has 1 N–H and O–H groups in total. The van der Waals surface area contributed by atoms with Crippen LogP contribution in [0, 0.1) is 0 Å². The van der Waals surface area contributed by atoms with Gasteiger partial charge in [-0.25, -0.2) is 4.98 Å². The van der Waals surface area contributed by atoms with Gasteiger partial charge in [-0.2, -0.15) is 0 Å². The van der Waals surface area contributed by atoms with Gasteiger partial charge in [-0.15, -0.1) is 0 Å². The zero-order valence-corrected chi connectivity index (χ0v) is 13.3. The number of H-pyrrole nitrogens is 1. The normalized spacial score (nSPS) is 10.8. The van der Waals surface area contributed by atoms with E-state index >= 15 is 0 Å². The van der Waals surface area contributed by atoms with E-state index in [0.29, 0.717) is 16.9 Å². The average Bonchev–Trinajstić information content (AvgIpc) is 2.42. The fourth-order valence-corrected chi connectivity index (χ4v) is 2.52. The molecule has 0 unspecified atom stereocenters. The van der Waals surface area contributed by atoms with Crippen LogP contribution in [0.25, 0.3) is 11.4 Å². The van der Waals surface area contributed by atoms with Crippen LogP contribution in [0.15, 0.2) is 33.5 Å². The summed E-state index contributed by atoms with van der Waals surface area (Å²) in [5, 5.41) is 0. The average molecular weight is 337 g/mol. The van der Waals surface area contributed by atoms with Crippen LogP contribution in [0.4, 0.5) is 0 Å². The van der Waals surface area contributed by atoms with Gasteiger partial charge in [-0.1, -0.05) is 13.8 Å². The number of hydrogen-bond donors (Lipinski definition) is 1. The van der Waals surface area contributed by atoms with E-state index in [4.69, 9.17) is 4.74 Å². The van der Waals surface area contributed by atoms with Crippen molar-refractivity contribution < 1.29 is 4.74 Å². The molecule has 0 atom stereocenters. The molecule has 4 nitrogen and oxygen atoms in total. The lowest BCUT2D eigenvalue weighted by Gasteiger charge is -2.10. The van der Waals surface area contributed by atoms with Crippen LogP contribution < -0.4 is 10.3 Å². The fraction of sp³-hybridized carbons (Fsp3) is 0.333. The molecule has 0 saturated carbocycles. The van der Waals surface area contributed by atoms with E-state index in [0.717, 1.165) is 17.0 Å². The van der Waals surface area contributed by atoms with Crippen molar-refractivity contribution in [2.24, 2.45) is 0 Å². The first-order valence-electron chi connectivity index (χ1n) is 6.55. The van der Waals surface area contributed by atoms with Crippen LogP contribution in [-0.4, -0.2) is 16.6 Å². The molecule has 20 heavy (non-hydrogen) atoms. The van der Waals surface area contributed by atoms with Gasteiger partial charge in [0.15, 0.2) is 0 Å². The number of halogens is 1. The summed E-state index contributed by atoms with van der Waals surface area (Å²) in [5.41, 5.74) is 1.46. The number of ether oxygens (including phenoxy) is 1. The summed E-state index contributed by atoms with van der Waals surface area (Å²) >= 11 is 3.29. The standard InChI is InChI=1S/C15H17BrN2O2/c1-4-20-11-7-5-10(6-8-11)14-17-13(9(2)3)12(16)15(19)18-14/h5-9H,4H2,1-3H3,(H,17,18,19). The van der Waals surface area contributed by atoms with E-state index < -0.39 is 0 Å². The van der Waals surface area contributed by atoms with E-state index in [-0.39, 0.29) is 11.5 Å². The van der Waals surface area contributed by atoms with Gasteiger partial charge in [0.1, 0.15) is 16.0 Å². The third-order valence-electron chi connectivity index (χ3n) is 2.87. The smallest absolute Gasteiger partial charge is 0.265 e. The highest BCUT2D eigenvalue weighted by Gasteiger charge is 2.13. The maximum atomic E-state index is 11.9. The minimum atomic E-state index is -0.160. The summed E-state index contributed by atoms with van der Waals surface area (Å²) in [6, 6.07) is 7.52. The Morgan fingerprint density at radius 2 is 1.95 bits per heavy atom. The number of aromatic nitrogens is 2. The van der Waals surface area contributed by atoms with Crippen molar-refractivity contribution in [3.63, 3.8) is 0 Å². The largest absolute Gasteiger partial charge is 0.494 e. The van der Waals surface area contributed by atoms with Gasteiger partial charge in [0.05, 0.1) is 12.3 Å². The highest BCUT2D eigenvalue weighted by atomic mass is 79.9. The van der Waals surface area contributed by atoms with Crippen molar-refractivity contribution in [1.82, 2.24) is 9.97 Å². The van der Waals surface area contributed by atoms with Gasteiger partial charge in [0, 0.05) is 5.56 Å². The summed E-state index contributed by atoms with van der Waals surface area (Å²) in [6.07, 6.45) is 0. The van der Waals surface area contributed by atoms with Crippen LogP contribution >= 0.6 is 15.9 Å². The second kappa shape index (κ2) is 6.22. The topological polar surface area (TPSA) is 55.0 Å². The monoisotopic (exact) mass is 336 g/mol. The molecule has 0 amide bonds. The Labute approximate surface area is 126 Å². The van der Waals surface area contributed by atoms with Crippen LogP contribution in [0.1, 0.15) is 32.4 Å². The van der Waals surface area contributed by atoms with Crippen molar-refractivity contribution in [2.75, 3.05) is 6.61 Å². The van der Waals surface area contributed by atoms with Crippen molar-refractivity contribution >= 4 is 15.9 Å². The van der Waals surface area contributed by atoms with Crippen LogP contribution in [-0.2, 0) is 0 Å². The van der Waals surface area contributed by atoms with Crippen molar-refractivity contribution in [3.8, 4) is 17.1 Å². The zero-order valence-electron chi connectivity index (χ0n) is 11.7. The second-order valence-corrected chi connectivity index (χ2v) is 5.52. The summed E-state index contributed by atoms with van der Waals surface area (Å²) in [5.74, 6) is 1.55. The van der Waals surface area contributed by atoms with E-state index in [1.54, 1.807) is 0 Å². The van der Waals surface area contributed by atoms with Crippen LogP contribution in [0.3, 0.4) is 0 Å². The van der Waals surface area contributed by atoms with Gasteiger partial charge in [-0.05, 0) is 53.0 Å². The van der Waals surface area contributed by atoms with Crippen LogP contribution in [0.5, 0.6) is 5.75 Å². The lowest BCUT2D eigenvalue weighted by Crippen LogP contribution is -2.14. The lowest BCUT2D eigenvalue weighted by atomic mass is 10.1. The Hall–Kier alpha value is -1.62. The van der Waals surface area contributed by atoms with Crippen molar-refractivity contribution in [2.45, 2.75) is 26.7 Å². The predicted molar refractivity (Wildman–Crippen MR) is 83.3 cm³/mol. The molecule has 1 aromatic heterocycles. The molecule has 2 rings (SSSR count). The molecule has 1 aromatic carbocycles. The van der Waals surface area contributed by atoms with Crippen molar-refractivity contribution in [3.05, 3.63) is 44.8 Å². The molecule has 0 aliphatic carbocycles. The Morgan fingerprint density at radius 1 is 1.30 bits per heavy atom. The first-order valence-corrected chi connectivity index (χ1v) is 7.35. The third-order valence-corrected chi connectivity index (χ3v) is 3.64. The number of nitrogens with one attached hydrogen (secondary N) is 1. The summed E-state index contributed by atoms with van der Waals surface area (Å²) in [6.45, 7) is 6.59. The Kier molecular flexibility index (Phi) is 4.60. The molecule has 0 spiro atoms. The minimum absolute atomic E-state index is 0.160. The third kappa shape index (κ3) is 3.10. The van der Waals surface area contributed by atoms with Crippen molar-refractivity contribution in [1.29, 1.82) is 0 Å². The number of aromatic amines is 1. The summed E-state index contributed by atoms with van der Waals surface area (Å²) in [7, 11) is 0. The first kappa shape index (κ1) is 14.8. The molecule has 1 heterocycles. The van der Waals surface area contributed by atoms with Gasteiger partial charge >= 0.3 is 0 Å². The molecular weight excluding hydrogens is 320 g/mol. The molecule has 0 bridgehead atoms. The molecular formula is C15H17BrN2O2. The minimum Gasteiger partial charge on any atom is -0.494 e. The molecule has 106 valence electrons. The molecule has 0 radical (unpaired) electrons. The molecule has 0 aliphatic rings. The Morgan fingerprint density at radius 3 is 2.50 bits per heavy atom. The van der Waals surface area contributed by atoms with Gasteiger partial charge < -0.3 is 9.72 Å². The van der Waals surface area contributed by atoms with E-state index in [1.165, 1.54) is 0 Å². The highest BCUT2D eigenvalue weighted by molar-refractivity contribution is 9.10.